The number of hydrogen-bond donors (Lipinski definition) is 2. The molecule has 5 nitrogen and oxygen atoms in total. The van der Waals surface area contributed by atoms with Crippen molar-refractivity contribution in [3.8, 4) is 6.07 Å². The van der Waals surface area contributed by atoms with E-state index >= 15 is 0 Å². The van der Waals surface area contributed by atoms with Gasteiger partial charge in [-0.3, -0.25) is 9.59 Å². The van der Waals surface area contributed by atoms with Crippen molar-refractivity contribution in [1.29, 1.82) is 5.26 Å². The molecule has 1 saturated heterocycles. The molecule has 1 atom stereocenters. The first kappa shape index (κ1) is 13.9. The maximum absolute atomic E-state index is 12.4. The molecular formula is C14H21N3O2. The summed E-state index contributed by atoms with van der Waals surface area (Å²) in [6.45, 7) is 0.478. The molecule has 19 heavy (non-hydrogen) atoms. The molecule has 0 spiro atoms. The molecule has 0 aromatic carbocycles. The Bertz CT molecular complexity index is 382. The van der Waals surface area contributed by atoms with Crippen LogP contribution in [-0.4, -0.2) is 24.4 Å². The minimum absolute atomic E-state index is 0.0290. The fourth-order valence-electron chi connectivity index (χ4n) is 2.90. The molecule has 5 heteroatoms. The van der Waals surface area contributed by atoms with Crippen molar-refractivity contribution in [3.05, 3.63) is 0 Å². The lowest BCUT2D eigenvalue weighted by atomic mass is 9.80. The molecule has 1 unspecified atom stereocenters. The van der Waals surface area contributed by atoms with E-state index in [9.17, 15) is 14.9 Å². The van der Waals surface area contributed by atoms with E-state index in [1.807, 2.05) is 0 Å². The monoisotopic (exact) mass is 263 g/mol. The molecule has 1 heterocycles. The first-order chi connectivity index (χ1) is 9.16. The molecule has 104 valence electrons. The smallest absolute Gasteiger partial charge is 0.240 e. The Hall–Kier alpha value is -1.57. The maximum atomic E-state index is 12.4. The molecule has 1 aliphatic heterocycles. The third-order valence-electron chi connectivity index (χ3n) is 4.21. The number of hydrogen-bond acceptors (Lipinski definition) is 3. The van der Waals surface area contributed by atoms with Crippen LogP contribution >= 0.6 is 0 Å². The summed E-state index contributed by atoms with van der Waals surface area (Å²) in [5.41, 5.74) is -0.849. The third-order valence-corrected chi connectivity index (χ3v) is 4.21. The van der Waals surface area contributed by atoms with Gasteiger partial charge in [0.15, 0.2) is 0 Å². The minimum Gasteiger partial charge on any atom is -0.354 e. The van der Waals surface area contributed by atoms with Crippen molar-refractivity contribution >= 4 is 11.8 Å². The highest BCUT2D eigenvalue weighted by Crippen LogP contribution is 2.34. The Morgan fingerprint density at radius 2 is 2.00 bits per heavy atom. The summed E-state index contributed by atoms with van der Waals surface area (Å²) in [4.78, 5) is 23.5. The number of rotatable bonds is 2. The van der Waals surface area contributed by atoms with Crippen LogP contribution in [0.5, 0.6) is 0 Å². The van der Waals surface area contributed by atoms with Gasteiger partial charge in [-0.15, -0.1) is 0 Å². The molecule has 1 aliphatic carbocycles. The molecule has 2 fully saturated rings. The summed E-state index contributed by atoms with van der Waals surface area (Å²) in [5, 5.41) is 15.1. The zero-order chi connectivity index (χ0) is 13.7. The van der Waals surface area contributed by atoms with Crippen LogP contribution in [0.1, 0.15) is 51.4 Å². The minimum atomic E-state index is -0.849. The predicted octanol–water partition coefficient (Wildman–Crippen LogP) is 1.25. The first-order valence-electron chi connectivity index (χ1n) is 7.15. The van der Waals surface area contributed by atoms with E-state index in [0.29, 0.717) is 32.2 Å². The van der Waals surface area contributed by atoms with Gasteiger partial charge < -0.3 is 10.6 Å². The number of piperidine rings is 1. The maximum Gasteiger partial charge on any atom is 0.240 e. The van der Waals surface area contributed by atoms with Crippen LogP contribution in [0.25, 0.3) is 0 Å². The van der Waals surface area contributed by atoms with Crippen molar-refractivity contribution in [2.75, 3.05) is 6.54 Å². The van der Waals surface area contributed by atoms with E-state index in [2.05, 4.69) is 16.7 Å². The SMILES string of the molecule is N#CC1(C(=O)NC2CCC(=O)NC2)CCCCCC1. The van der Waals surface area contributed by atoms with Gasteiger partial charge in [0, 0.05) is 19.0 Å². The highest BCUT2D eigenvalue weighted by atomic mass is 16.2. The van der Waals surface area contributed by atoms with Crippen LogP contribution in [0.4, 0.5) is 0 Å². The van der Waals surface area contributed by atoms with Gasteiger partial charge >= 0.3 is 0 Å². The van der Waals surface area contributed by atoms with Gasteiger partial charge in [0.05, 0.1) is 6.07 Å². The quantitative estimate of drug-likeness (QED) is 0.735. The fraction of sp³-hybridized carbons (Fsp3) is 0.786. The average Bonchev–Trinajstić information content (AvgIpc) is 2.67. The molecule has 2 aliphatic rings. The lowest BCUT2D eigenvalue weighted by Gasteiger charge is -2.29. The molecule has 0 bridgehead atoms. The Morgan fingerprint density at radius 1 is 1.32 bits per heavy atom. The van der Waals surface area contributed by atoms with Gasteiger partial charge in [-0.05, 0) is 19.3 Å². The van der Waals surface area contributed by atoms with Crippen molar-refractivity contribution in [2.45, 2.75) is 57.4 Å². The molecule has 0 aromatic heterocycles. The van der Waals surface area contributed by atoms with Gasteiger partial charge in [0.2, 0.25) is 11.8 Å². The summed E-state index contributed by atoms with van der Waals surface area (Å²) in [6, 6.07) is 2.23. The van der Waals surface area contributed by atoms with Crippen molar-refractivity contribution < 1.29 is 9.59 Å². The highest BCUT2D eigenvalue weighted by Gasteiger charge is 2.39. The highest BCUT2D eigenvalue weighted by molar-refractivity contribution is 5.86. The molecule has 2 N–H and O–H groups in total. The number of carbonyl (C=O) groups is 2. The molecule has 0 radical (unpaired) electrons. The number of nitrogens with one attached hydrogen (secondary N) is 2. The standard InChI is InChI=1S/C14H21N3O2/c15-10-14(7-3-1-2-4-8-14)13(19)17-11-5-6-12(18)16-9-11/h11H,1-9H2,(H,16,18)(H,17,19). The Kier molecular flexibility index (Phi) is 4.41. The zero-order valence-corrected chi connectivity index (χ0v) is 11.2. The van der Waals surface area contributed by atoms with Crippen molar-refractivity contribution in [1.82, 2.24) is 10.6 Å². The van der Waals surface area contributed by atoms with Crippen LogP contribution in [0.15, 0.2) is 0 Å². The largest absolute Gasteiger partial charge is 0.354 e. The van der Waals surface area contributed by atoms with Gasteiger partial charge in [0.25, 0.3) is 0 Å². The van der Waals surface area contributed by atoms with Gasteiger partial charge in [-0.25, -0.2) is 0 Å². The van der Waals surface area contributed by atoms with E-state index in [4.69, 9.17) is 0 Å². The summed E-state index contributed by atoms with van der Waals surface area (Å²) in [5.74, 6) is -0.104. The Morgan fingerprint density at radius 3 is 2.53 bits per heavy atom. The predicted molar refractivity (Wildman–Crippen MR) is 69.9 cm³/mol. The van der Waals surface area contributed by atoms with Crippen molar-refractivity contribution in [2.24, 2.45) is 5.41 Å². The zero-order valence-electron chi connectivity index (χ0n) is 11.2. The Labute approximate surface area is 113 Å². The van der Waals surface area contributed by atoms with Crippen LogP contribution in [-0.2, 0) is 9.59 Å². The second-order valence-electron chi connectivity index (χ2n) is 5.62. The molecule has 1 saturated carbocycles. The lowest BCUT2D eigenvalue weighted by molar-refractivity contribution is -0.131. The normalized spacial score (nSPS) is 26.7. The van der Waals surface area contributed by atoms with E-state index in [0.717, 1.165) is 25.7 Å². The molecular weight excluding hydrogens is 242 g/mol. The second-order valence-corrected chi connectivity index (χ2v) is 5.62. The fourth-order valence-corrected chi connectivity index (χ4v) is 2.90. The third kappa shape index (κ3) is 3.25. The van der Waals surface area contributed by atoms with Crippen LogP contribution in [0.2, 0.25) is 0 Å². The summed E-state index contributed by atoms with van der Waals surface area (Å²) < 4.78 is 0. The number of nitriles is 1. The summed E-state index contributed by atoms with van der Waals surface area (Å²) in [6.07, 6.45) is 6.55. The van der Waals surface area contributed by atoms with Gasteiger partial charge in [0.1, 0.15) is 5.41 Å². The molecule has 2 amide bonds. The number of carbonyl (C=O) groups excluding carboxylic acids is 2. The van der Waals surface area contributed by atoms with Crippen molar-refractivity contribution in [3.63, 3.8) is 0 Å². The van der Waals surface area contributed by atoms with E-state index in [-0.39, 0.29) is 17.9 Å². The number of amides is 2. The summed E-state index contributed by atoms with van der Waals surface area (Å²) >= 11 is 0. The lowest BCUT2D eigenvalue weighted by Crippen LogP contribution is -2.51. The molecule has 2 rings (SSSR count). The Balaban J connectivity index is 1.96. The van der Waals surface area contributed by atoms with Gasteiger partial charge in [-0.2, -0.15) is 5.26 Å². The van der Waals surface area contributed by atoms with Crippen LogP contribution < -0.4 is 10.6 Å². The summed E-state index contributed by atoms with van der Waals surface area (Å²) in [7, 11) is 0. The topological polar surface area (TPSA) is 82.0 Å². The first-order valence-corrected chi connectivity index (χ1v) is 7.15. The average molecular weight is 263 g/mol. The van der Waals surface area contributed by atoms with E-state index in [1.165, 1.54) is 0 Å². The second kappa shape index (κ2) is 6.05. The number of nitrogens with zero attached hydrogens (tertiary/aromatic N) is 1. The van der Waals surface area contributed by atoms with Crippen LogP contribution in [0.3, 0.4) is 0 Å². The van der Waals surface area contributed by atoms with E-state index in [1.54, 1.807) is 0 Å². The van der Waals surface area contributed by atoms with E-state index < -0.39 is 5.41 Å². The van der Waals surface area contributed by atoms with Crippen LogP contribution in [0, 0.1) is 16.7 Å². The molecule has 0 aromatic rings. The van der Waals surface area contributed by atoms with Gasteiger partial charge in [-0.1, -0.05) is 25.7 Å².